The van der Waals surface area contributed by atoms with Crippen molar-refractivity contribution in [1.29, 1.82) is 0 Å². The molecule has 0 saturated heterocycles. The fourth-order valence-electron chi connectivity index (χ4n) is 2.60. The van der Waals surface area contributed by atoms with Crippen molar-refractivity contribution < 1.29 is 4.74 Å². The zero-order valence-electron chi connectivity index (χ0n) is 13.1. The molecule has 0 fully saturated rings. The van der Waals surface area contributed by atoms with E-state index in [0.29, 0.717) is 5.69 Å². The minimum absolute atomic E-state index is 0.155. The average molecular weight is 289 g/mol. The van der Waals surface area contributed by atoms with Gasteiger partial charge in [-0.2, -0.15) is 0 Å². The lowest BCUT2D eigenvalue weighted by Crippen LogP contribution is -2.22. The van der Waals surface area contributed by atoms with Gasteiger partial charge in [0.1, 0.15) is 11.4 Å². The Morgan fingerprint density at radius 3 is 2.33 bits per heavy atom. The van der Waals surface area contributed by atoms with Crippen LogP contribution in [0.4, 0.5) is 5.69 Å². The van der Waals surface area contributed by atoms with E-state index in [-0.39, 0.29) is 11.5 Å². The zero-order chi connectivity index (χ0) is 15.6. The Bertz CT molecular complexity index is 666. The number of aromatic nitrogens is 2. The van der Waals surface area contributed by atoms with Crippen LogP contribution >= 0.6 is 0 Å². The van der Waals surface area contributed by atoms with Gasteiger partial charge in [-0.1, -0.05) is 20.8 Å². The molecule has 5 heteroatoms. The third-order valence-corrected chi connectivity index (χ3v) is 3.52. The lowest BCUT2D eigenvalue weighted by molar-refractivity contribution is 0.414. The van der Waals surface area contributed by atoms with Gasteiger partial charge in [0.05, 0.1) is 18.5 Å². The van der Waals surface area contributed by atoms with E-state index in [0.717, 1.165) is 30.1 Å². The number of nitrogens with two attached hydrogens (primary N) is 1. The molecule has 0 amide bonds. The summed E-state index contributed by atoms with van der Waals surface area (Å²) in [6, 6.07) is 7.43. The van der Waals surface area contributed by atoms with Gasteiger partial charge in [0, 0.05) is 6.54 Å². The van der Waals surface area contributed by atoms with Crippen LogP contribution in [0.2, 0.25) is 0 Å². The van der Waals surface area contributed by atoms with Crippen LogP contribution in [-0.2, 0) is 6.54 Å². The Morgan fingerprint density at radius 2 is 1.86 bits per heavy atom. The highest BCUT2D eigenvalue weighted by Crippen LogP contribution is 2.23. The van der Waals surface area contributed by atoms with Crippen LogP contribution in [0.3, 0.4) is 0 Å². The van der Waals surface area contributed by atoms with Crippen LogP contribution in [0.25, 0.3) is 5.69 Å². The largest absolute Gasteiger partial charge is 0.497 e. The standard InChI is InChI=1S/C16H23N3O2/c1-5-10-18-15(11(2)3)14(17)16(20)19(18)12-6-8-13(21-4)9-7-12/h6-9,11H,5,10,17H2,1-4H3. The fraction of sp³-hybridized carbons (Fsp3) is 0.438. The van der Waals surface area contributed by atoms with Crippen molar-refractivity contribution in [1.82, 2.24) is 9.36 Å². The number of hydrogen-bond acceptors (Lipinski definition) is 3. The van der Waals surface area contributed by atoms with Gasteiger partial charge in [0.2, 0.25) is 0 Å². The van der Waals surface area contributed by atoms with Crippen molar-refractivity contribution >= 4 is 5.69 Å². The molecule has 0 atom stereocenters. The molecule has 114 valence electrons. The summed E-state index contributed by atoms with van der Waals surface area (Å²) in [5, 5.41) is 0. The predicted molar refractivity (Wildman–Crippen MR) is 85.4 cm³/mol. The summed E-state index contributed by atoms with van der Waals surface area (Å²) in [4.78, 5) is 12.5. The van der Waals surface area contributed by atoms with E-state index < -0.39 is 0 Å². The summed E-state index contributed by atoms with van der Waals surface area (Å²) in [6.45, 7) is 6.94. The number of hydrogen-bond donors (Lipinski definition) is 1. The SMILES string of the molecule is CCCn1c(C(C)C)c(N)c(=O)n1-c1ccc(OC)cc1. The summed E-state index contributed by atoms with van der Waals surface area (Å²) in [5.41, 5.74) is 7.94. The number of nitrogens with zero attached hydrogens (tertiary/aromatic N) is 2. The first-order chi connectivity index (χ1) is 10.0. The van der Waals surface area contributed by atoms with E-state index in [1.54, 1.807) is 11.8 Å². The highest BCUT2D eigenvalue weighted by Gasteiger charge is 2.20. The van der Waals surface area contributed by atoms with E-state index in [2.05, 4.69) is 20.8 Å². The zero-order valence-corrected chi connectivity index (χ0v) is 13.1. The van der Waals surface area contributed by atoms with E-state index in [1.807, 2.05) is 28.9 Å². The Morgan fingerprint density at radius 1 is 1.24 bits per heavy atom. The van der Waals surface area contributed by atoms with Crippen molar-refractivity contribution in [3.8, 4) is 11.4 Å². The molecule has 0 unspecified atom stereocenters. The van der Waals surface area contributed by atoms with Gasteiger partial charge < -0.3 is 10.5 Å². The molecule has 0 bridgehead atoms. The molecule has 1 aromatic heterocycles. The molecule has 5 nitrogen and oxygen atoms in total. The quantitative estimate of drug-likeness (QED) is 0.920. The number of methoxy groups -OCH3 is 1. The van der Waals surface area contributed by atoms with Gasteiger partial charge in [-0.15, -0.1) is 0 Å². The Labute approximate surface area is 124 Å². The number of anilines is 1. The smallest absolute Gasteiger partial charge is 0.294 e. The van der Waals surface area contributed by atoms with Crippen LogP contribution in [0.1, 0.15) is 38.8 Å². The topological polar surface area (TPSA) is 62.2 Å². The van der Waals surface area contributed by atoms with Gasteiger partial charge in [-0.05, 0) is 36.6 Å². The molecule has 21 heavy (non-hydrogen) atoms. The van der Waals surface area contributed by atoms with Crippen molar-refractivity contribution in [2.24, 2.45) is 0 Å². The molecule has 1 heterocycles. The van der Waals surface area contributed by atoms with Gasteiger partial charge in [0.15, 0.2) is 0 Å². The third kappa shape index (κ3) is 2.68. The van der Waals surface area contributed by atoms with Gasteiger partial charge in [0.25, 0.3) is 5.56 Å². The molecule has 0 radical (unpaired) electrons. The number of rotatable bonds is 5. The second-order valence-electron chi connectivity index (χ2n) is 5.39. The van der Waals surface area contributed by atoms with Gasteiger partial charge in [-0.25, -0.2) is 4.68 Å². The van der Waals surface area contributed by atoms with Crippen LogP contribution < -0.4 is 16.0 Å². The maximum atomic E-state index is 12.5. The summed E-state index contributed by atoms with van der Waals surface area (Å²) in [7, 11) is 1.62. The van der Waals surface area contributed by atoms with E-state index >= 15 is 0 Å². The maximum Gasteiger partial charge on any atom is 0.294 e. The summed E-state index contributed by atoms with van der Waals surface area (Å²) >= 11 is 0. The van der Waals surface area contributed by atoms with Crippen LogP contribution in [-0.4, -0.2) is 16.5 Å². The lowest BCUT2D eigenvalue weighted by atomic mass is 10.1. The molecule has 2 N–H and O–H groups in total. The summed E-state index contributed by atoms with van der Waals surface area (Å²) < 4.78 is 8.81. The van der Waals surface area contributed by atoms with E-state index in [1.165, 1.54) is 0 Å². The van der Waals surface area contributed by atoms with E-state index in [9.17, 15) is 4.79 Å². The van der Waals surface area contributed by atoms with Gasteiger partial charge >= 0.3 is 0 Å². The molecule has 1 aromatic carbocycles. The Hall–Kier alpha value is -2.17. The summed E-state index contributed by atoms with van der Waals surface area (Å²) in [6.07, 6.45) is 0.934. The first-order valence-electron chi connectivity index (χ1n) is 7.26. The average Bonchev–Trinajstić information content (AvgIpc) is 2.71. The molecule has 0 aliphatic heterocycles. The molecule has 0 saturated carbocycles. The van der Waals surface area contributed by atoms with Crippen molar-refractivity contribution in [2.45, 2.75) is 39.7 Å². The normalized spacial score (nSPS) is 11.1. The fourth-order valence-corrected chi connectivity index (χ4v) is 2.60. The first kappa shape index (κ1) is 15.2. The van der Waals surface area contributed by atoms with E-state index in [4.69, 9.17) is 10.5 Å². The number of nitrogen functional groups attached to an aromatic ring is 1. The highest BCUT2D eigenvalue weighted by molar-refractivity contribution is 5.47. The highest BCUT2D eigenvalue weighted by atomic mass is 16.5. The maximum absolute atomic E-state index is 12.5. The first-order valence-corrected chi connectivity index (χ1v) is 7.26. The molecule has 0 aliphatic carbocycles. The Balaban J connectivity index is 2.66. The second-order valence-corrected chi connectivity index (χ2v) is 5.39. The summed E-state index contributed by atoms with van der Waals surface area (Å²) in [5.74, 6) is 0.959. The van der Waals surface area contributed by atoms with Gasteiger partial charge in [-0.3, -0.25) is 9.48 Å². The molecular formula is C16H23N3O2. The monoisotopic (exact) mass is 289 g/mol. The van der Waals surface area contributed by atoms with Crippen LogP contribution in [0.5, 0.6) is 5.75 Å². The lowest BCUT2D eigenvalue weighted by Gasteiger charge is -2.16. The number of benzene rings is 1. The van der Waals surface area contributed by atoms with Crippen LogP contribution in [0.15, 0.2) is 29.1 Å². The predicted octanol–water partition coefficient (Wildman–Crippen LogP) is 2.76. The molecule has 0 aliphatic rings. The molecule has 2 aromatic rings. The minimum Gasteiger partial charge on any atom is -0.497 e. The van der Waals surface area contributed by atoms with Crippen molar-refractivity contribution in [2.75, 3.05) is 12.8 Å². The number of ether oxygens (including phenoxy) is 1. The molecule has 2 rings (SSSR count). The second kappa shape index (κ2) is 6.08. The molecule has 0 spiro atoms. The molecular weight excluding hydrogens is 266 g/mol. The van der Waals surface area contributed by atoms with Crippen molar-refractivity contribution in [3.05, 3.63) is 40.3 Å². The van der Waals surface area contributed by atoms with Crippen LogP contribution in [0, 0.1) is 0 Å². The third-order valence-electron chi connectivity index (χ3n) is 3.52. The minimum atomic E-state index is -0.155. The Kier molecular flexibility index (Phi) is 4.40. The van der Waals surface area contributed by atoms with Crippen molar-refractivity contribution in [3.63, 3.8) is 0 Å².